The number of benzene rings is 2. The van der Waals surface area contributed by atoms with E-state index in [0.717, 1.165) is 5.56 Å². The Labute approximate surface area is 150 Å². The third-order valence-electron chi connectivity index (χ3n) is 3.53. The normalized spacial score (nSPS) is 10.3. The van der Waals surface area contributed by atoms with Crippen LogP contribution >= 0.6 is 11.6 Å². The predicted octanol–water partition coefficient (Wildman–Crippen LogP) is 3.80. The van der Waals surface area contributed by atoms with Crippen LogP contribution in [0.2, 0.25) is 5.02 Å². The van der Waals surface area contributed by atoms with Crippen molar-refractivity contribution < 1.29 is 14.3 Å². The minimum absolute atomic E-state index is 0.287. The first-order chi connectivity index (χ1) is 12.1. The van der Waals surface area contributed by atoms with Crippen molar-refractivity contribution in [3.05, 3.63) is 94.4 Å². The second kappa shape index (κ2) is 7.68. The van der Waals surface area contributed by atoms with Crippen LogP contribution in [0.5, 0.6) is 5.75 Å². The summed E-state index contributed by atoms with van der Waals surface area (Å²) < 4.78 is 6.32. The van der Waals surface area contributed by atoms with Gasteiger partial charge in [0.25, 0.3) is 5.91 Å². The topological polar surface area (TPSA) is 65.3 Å². The first-order valence-corrected chi connectivity index (χ1v) is 7.96. The smallest absolute Gasteiger partial charge is 0.256 e. The molecule has 0 aliphatic heterocycles. The van der Waals surface area contributed by atoms with Gasteiger partial charge in [0.05, 0.1) is 5.56 Å². The van der Waals surface area contributed by atoms with Gasteiger partial charge in [-0.2, -0.15) is 4.73 Å². The molecule has 5 nitrogen and oxygen atoms in total. The summed E-state index contributed by atoms with van der Waals surface area (Å²) in [4.78, 5) is 12.1. The molecule has 2 aromatic carbocycles. The lowest BCUT2D eigenvalue weighted by Crippen LogP contribution is -2.25. The Kier molecular flexibility index (Phi) is 5.16. The van der Waals surface area contributed by atoms with Gasteiger partial charge in [0.2, 0.25) is 0 Å². The molecule has 3 rings (SSSR count). The van der Waals surface area contributed by atoms with Crippen molar-refractivity contribution in [2.24, 2.45) is 0 Å². The van der Waals surface area contributed by atoms with E-state index in [-0.39, 0.29) is 5.91 Å². The van der Waals surface area contributed by atoms with E-state index in [9.17, 15) is 10.0 Å². The van der Waals surface area contributed by atoms with Crippen molar-refractivity contribution in [3.8, 4) is 5.75 Å². The number of pyridine rings is 1. The first kappa shape index (κ1) is 16.8. The van der Waals surface area contributed by atoms with E-state index in [1.165, 1.54) is 24.5 Å². The second-order valence-electron chi connectivity index (χ2n) is 5.31. The molecular formula is C19H15ClN2O3. The Morgan fingerprint density at radius 3 is 2.40 bits per heavy atom. The van der Waals surface area contributed by atoms with Crippen LogP contribution in [0.1, 0.15) is 15.9 Å². The average Bonchev–Trinajstić information content (AvgIpc) is 2.63. The zero-order valence-corrected chi connectivity index (χ0v) is 13.9. The number of ether oxygens (including phenoxy) is 1. The van der Waals surface area contributed by atoms with Gasteiger partial charge in [-0.25, -0.2) is 0 Å². The van der Waals surface area contributed by atoms with Crippen LogP contribution in [0.15, 0.2) is 73.1 Å². The number of rotatable bonds is 5. The number of carbonyl (C=O) groups excluding carboxylic acids is 1. The van der Waals surface area contributed by atoms with Crippen molar-refractivity contribution in [2.75, 3.05) is 5.32 Å². The summed E-state index contributed by atoms with van der Waals surface area (Å²) in [6, 6.07) is 17.4. The Hall–Kier alpha value is -3.05. The van der Waals surface area contributed by atoms with Gasteiger partial charge in [-0.05, 0) is 30.3 Å². The summed E-state index contributed by atoms with van der Waals surface area (Å²) >= 11 is 6.09. The molecule has 0 aliphatic carbocycles. The number of nitrogens with zero attached hydrogens (tertiary/aromatic N) is 1. The number of hydrogen-bond acceptors (Lipinski definition) is 3. The molecule has 0 saturated heterocycles. The van der Waals surface area contributed by atoms with Gasteiger partial charge >= 0.3 is 0 Å². The standard InChI is InChI=1S/C19H15ClN2O3/c20-18-4-2-1-3-15(18)13-25-17-7-5-16(6-8-17)21-19(23)14-9-11-22(24)12-10-14/h1-12H,13H2,(H,21,23). The van der Waals surface area contributed by atoms with Crippen LogP contribution in [-0.4, -0.2) is 5.91 Å². The monoisotopic (exact) mass is 354 g/mol. The first-order valence-electron chi connectivity index (χ1n) is 7.58. The molecule has 1 heterocycles. The van der Waals surface area contributed by atoms with Gasteiger partial charge in [-0.15, -0.1) is 0 Å². The number of amides is 1. The van der Waals surface area contributed by atoms with Crippen LogP contribution in [0.25, 0.3) is 0 Å². The molecule has 0 unspecified atom stereocenters. The molecule has 25 heavy (non-hydrogen) atoms. The molecule has 3 aromatic rings. The van der Waals surface area contributed by atoms with Gasteiger partial charge in [-0.3, -0.25) is 4.79 Å². The number of nitrogens with one attached hydrogen (secondary N) is 1. The van der Waals surface area contributed by atoms with E-state index >= 15 is 0 Å². The third-order valence-corrected chi connectivity index (χ3v) is 3.90. The Morgan fingerprint density at radius 1 is 1.04 bits per heavy atom. The lowest BCUT2D eigenvalue weighted by atomic mass is 10.2. The fourth-order valence-corrected chi connectivity index (χ4v) is 2.37. The van der Waals surface area contributed by atoms with E-state index in [1.54, 1.807) is 24.3 Å². The largest absolute Gasteiger partial charge is 0.619 e. The van der Waals surface area contributed by atoms with Crippen LogP contribution in [0.4, 0.5) is 5.69 Å². The predicted molar refractivity (Wildman–Crippen MR) is 95.6 cm³/mol. The lowest BCUT2D eigenvalue weighted by Gasteiger charge is -2.09. The number of aromatic nitrogens is 1. The summed E-state index contributed by atoms with van der Waals surface area (Å²) in [6.45, 7) is 0.366. The van der Waals surface area contributed by atoms with Crippen molar-refractivity contribution in [1.82, 2.24) is 0 Å². The zero-order chi connectivity index (χ0) is 17.6. The molecule has 0 bridgehead atoms. The van der Waals surface area contributed by atoms with Crippen molar-refractivity contribution >= 4 is 23.2 Å². The highest BCUT2D eigenvalue weighted by Gasteiger charge is 2.07. The molecule has 0 spiro atoms. The van der Waals surface area contributed by atoms with E-state index in [0.29, 0.717) is 33.4 Å². The Balaban J connectivity index is 1.59. The maximum Gasteiger partial charge on any atom is 0.256 e. The Bertz CT molecular complexity index is 865. The molecule has 0 aliphatic rings. The quantitative estimate of drug-likeness (QED) is 0.559. The summed E-state index contributed by atoms with van der Waals surface area (Å²) in [5, 5.41) is 14.4. The SMILES string of the molecule is O=C(Nc1ccc(OCc2ccccc2Cl)cc1)c1cc[n+]([O-])cc1. The van der Waals surface area contributed by atoms with Gasteiger partial charge in [0.1, 0.15) is 12.4 Å². The summed E-state index contributed by atoms with van der Waals surface area (Å²) in [6.07, 6.45) is 2.56. The van der Waals surface area contributed by atoms with E-state index in [2.05, 4.69) is 5.32 Å². The van der Waals surface area contributed by atoms with E-state index in [4.69, 9.17) is 16.3 Å². The molecule has 126 valence electrons. The summed E-state index contributed by atoms with van der Waals surface area (Å²) in [7, 11) is 0. The van der Waals surface area contributed by atoms with E-state index < -0.39 is 0 Å². The van der Waals surface area contributed by atoms with Crippen LogP contribution in [0.3, 0.4) is 0 Å². The average molecular weight is 355 g/mol. The summed E-state index contributed by atoms with van der Waals surface area (Å²) in [5.41, 5.74) is 1.95. The molecule has 1 aromatic heterocycles. The van der Waals surface area contributed by atoms with Crippen LogP contribution < -0.4 is 14.8 Å². The molecule has 0 fully saturated rings. The molecule has 1 N–H and O–H groups in total. The maximum atomic E-state index is 12.1. The van der Waals surface area contributed by atoms with Crippen LogP contribution in [0, 0.1) is 5.21 Å². The van der Waals surface area contributed by atoms with Crippen molar-refractivity contribution in [3.63, 3.8) is 0 Å². The fourth-order valence-electron chi connectivity index (χ4n) is 2.18. The zero-order valence-electron chi connectivity index (χ0n) is 13.2. The van der Waals surface area contributed by atoms with Gasteiger partial charge in [0, 0.05) is 28.4 Å². The molecule has 1 amide bonds. The molecule has 0 saturated carbocycles. The van der Waals surface area contributed by atoms with Crippen LogP contribution in [-0.2, 0) is 6.61 Å². The molecule has 0 radical (unpaired) electrons. The number of anilines is 1. The van der Waals surface area contributed by atoms with Gasteiger partial charge in [0.15, 0.2) is 12.4 Å². The third kappa shape index (κ3) is 4.49. The molecule has 0 atom stereocenters. The second-order valence-corrected chi connectivity index (χ2v) is 5.71. The Morgan fingerprint density at radius 2 is 1.72 bits per heavy atom. The highest BCUT2D eigenvalue weighted by Crippen LogP contribution is 2.20. The number of carbonyl (C=O) groups is 1. The van der Waals surface area contributed by atoms with Gasteiger partial charge < -0.3 is 15.3 Å². The minimum Gasteiger partial charge on any atom is -0.619 e. The molecule has 6 heteroatoms. The lowest BCUT2D eigenvalue weighted by molar-refractivity contribution is -0.605. The molecular weight excluding hydrogens is 340 g/mol. The van der Waals surface area contributed by atoms with Crippen molar-refractivity contribution in [1.29, 1.82) is 0 Å². The van der Waals surface area contributed by atoms with Gasteiger partial charge in [-0.1, -0.05) is 29.8 Å². The van der Waals surface area contributed by atoms with E-state index in [1.807, 2.05) is 24.3 Å². The highest BCUT2D eigenvalue weighted by molar-refractivity contribution is 6.31. The number of hydrogen-bond donors (Lipinski definition) is 1. The van der Waals surface area contributed by atoms with Crippen molar-refractivity contribution in [2.45, 2.75) is 6.61 Å². The summed E-state index contributed by atoms with van der Waals surface area (Å²) in [5.74, 6) is 0.385. The fraction of sp³-hybridized carbons (Fsp3) is 0.0526. The highest BCUT2D eigenvalue weighted by atomic mass is 35.5. The maximum absolute atomic E-state index is 12.1. The number of halogens is 1. The minimum atomic E-state index is -0.287.